The molecule has 5 heteroatoms. The molecule has 106 valence electrons. The molecule has 0 aliphatic carbocycles. The van der Waals surface area contributed by atoms with Crippen LogP contribution in [0.2, 0.25) is 0 Å². The van der Waals surface area contributed by atoms with Crippen molar-refractivity contribution in [3.63, 3.8) is 0 Å². The van der Waals surface area contributed by atoms with Crippen LogP contribution < -0.4 is 4.74 Å². The van der Waals surface area contributed by atoms with Gasteiger partial charge in [-0.05, 0) is 31.2 Å². The average molecular weight is 393 g/mol. The zero-order chi connectivity index (χ0) is 13.7. The summed E-state index contributed by atoms with van der Waals surface area (Å²) in [5.74, 6) is 0.918. The summed E-state index contributed by atoms with van der Waals surface area (Å²) in [6, 6.07) is 8.41. The fourth-order valence-corrected chi connectivity index (χ4v) is 2.75. The van der Waals surface area contributed by atoms with Crippen molar-refractivity contribution >= 4 is 31.9 Å². The van der Waals surface area contributed by atoms with Gasteiger partial charge in [0.15, 0.2) is 0 Å². The highest BCUT2D eigenvalue weighted by Crippen LogP contribution is 2.17. The Morgan fingerprint density at radius 3 is 2.79 bits per heavy atom. The highest BCUT2D eigenvalue weighted by molar-refractivity contribution is 9.10. The van der Waals surface area contributed by atoms with Gasteiger partial charge in [0.05, 0.1) is 12.7 Å². The van der Waals surface area contributed by atoms with Crippen LogP contribution in [-0.2, 0) is 4.74 Å². The van der Waals surface area contributed by atoms with Crippen LogP contribution in [0, 0.1) is 0 Å². The number of morpholine rings is 1. The summed E-state index contributed by atoms with van der Waals surface area (Å²) in [5.41, 5.74) is 0. The number of hydrogen-bond donors (Lipinski definition) is 0. The van der Waals surface area contributed by atoms with Crippen molar-refractivity contribution in [2.45, 2.75) is 19.1 Å². The Morgan fingerprint density at radius 1 is 1.37 bits per heavy atom. The predicted molar refractivity (Wildman–Crippen MR) is 84.2 cm³/mol. The Kier molecular flexibility index (Phi) is 6.13. The zero-order valence-electron chi connectivity index (χ0n) is 11.0. The summed E-state index contributed by atoms with van der Waals surface area (Å²) < 4.78 is 12.5. The molecule has 0 spiro atoms. The third-order valence-electron chi connectivity index (χ3n) is 3.27. The monoisotopic (exact) mass is 391 g/mol. The summed E-state index contributed by atoms with van der Waals surface area (Å²) >= 11 is 6.90. The first-order valence-corrected chi connectivity index (χ1v) is 8.40. The molecule has 0 amide bonds. The summed E-state index contributed by atoms with van der Waals surface area (Å²) in [6.45, 7) is 5.61. The Hall–Kier alpha value is -0.100. The molecular weight excluding hydrogens is 374 g/mol. The van der Waals surface area contributed by atoms with Crippen LogP contribution in [-0.4, -0.2) is 48.7 Å². The highest BCUT2D eigenvalue weighted by Gasteiger charge is 2.24. The van der Waals surface area contributed by atoms with E-state index in [9.17, 15) is 0 Å². The van der Waals surface area contributed by atoms with E-state index in [1.54, 1.807) is 0 Å². The lowest BCUT2D eigenvalue weighted by Gasteiger charge is -2.37. The topological polar surface area (TPSA) is 21.7 Å². The fourth-order valence-electron chi connectivity index (χ4n) is 2.09. The van der Waals surface area contributed by atoms with E-state index < -0.39 is 0 Å². The molecule has 1 heterocycles. The average Bonchev–Trinajstić information content (AvgIpc) is 2.43. The zero-order valence-corrected chi connectivity index (χ0v) is 14.2. The Morgan fingerprint density at radius 2 is 2.11 bits per heavy atom. The van der Waals surface area contributed by atoms with Crippen molar-refractivity contribution in [3.8, 4) is 5.75 Å². The second-order valence-electron chi connectivity index (χ2n) is 4.76. The molecule has 19 heavy (non-hydrogen) atoms. The lowest BCUT2D eigenvalue weighted by atomic mass is 10.2. The third kappa shape index (κ3) is 4.74. The smallest absolute Gasteiger partial charge is 0.119 e. The molecule has 2 unspecified atom stereocenters. The first kappa shape index (κ1) is 15.3. The van der Waals surface area contributed by atoms with E-state index >= 15 is 0 Å². The van der Waals surface area contributed by atoms with Gasteiger partial charge in [-0.1, -0.05) is 31.9 Å². The van der Waals surface area contributed by atoms with Crippen molar-refractivity contribution in [2.75, 3.05) is 31.6 Å². The number of benzene rings is 1. The van der Waals surface area contributed by atoms with Crippen molar-refractivity contribution in [1.29, 1.82) is 0 Å². The van der Waals surface area contributed by atoms with Crippen molar-refractivity contribution in [3.05, 3.63) is 28.7 Å². The molecule has 2 atom stereocenters. The van der Waals surface area contributed by atoms with Crippen LogP contribution in [0.15, 0.2) is 28.7 Å². The Bertz CT molecular complexity index is 386. The second kappa shape index (κ2) is 7.62. The van der Waals surface area contributed by atoms with Gasteiger partial charge < -0.3 is 9.47 Å². The molecular formula is C14H19Br2NO2. The molecule has 0 aromatic heterocycles. The Labute approximate surface area is 131 Å². The number of hydrogen-bond acceptors (Lipinski definition) is 3. The first-order chi connectivity index (χ1) is 9.19. The molecule has 1 saturated heterocycles. The molecule has 0 N–H and O–H groups in total. The van der Waals surface area contributed by atoms with E-state index in [1.807, 2.05) is 24.3 Å². The van der Waals surface area contributed by atoms with E-state index in [-0.39, 0.29) is 0 Å². The lowest BCUT2D eigenvalue weighted by molar-refractivity contribution is -0.0496. The fraction of sp³-hybridized carbons (Fsp3) is 0.571. The summed E-state index contributed by atoms with van der Waals surface area (Å²) in [4.78, 5) is 2.42. The molecule has 0 bridgehead atoms. The van der Waals surface area contributed by atoms with Crippen molar-refractivity contribution in [1.82, 2.24) is 4.90 Å². The van der Waals surface area contributed by atoms with E-state index in [0.717, 1.165) is 35.2 Å². The van der Waals surface area contributed by atoms with E-state index in [0.29, 0.717) is 18.8 Å². The van der Waals surface area contributed by atoms with E-state index in [1.165, 1.54) is 0 Å². The maximum atomic E-state index is 5.77. The predicted octanol–water partition coefficient (Wildman–Crippen LogP) is 3.31. The molecule has 1 aliphatic heterocycles. The molecule has 0 radical (unpaired) electrons. The maximum absolute atomic E-state index is 5.77. The lowest BCUT2D eigenvalue weighted by Crippen LogP contribution is -2.50. The minimum absolute atomic E-state index is 0.295. The van der Waals surface area contributed by atoms with Crippen LogP contribution >= 0.6 is 31.9 Å². The molecule has 0 saturated carbocycles. The van der Waals surface area contributed by atoms with Gasteiger partial charge in [0.25, 0.3) is 0 Å². The maximum Gasteiger partial charge on any atom is 0.119 e. The number of ether oxygens (including phenoxy) is 2. The van der Waals surface area contributed by atoms with Gasteiger partial charge in [-0.15, -0.1) is 0 Å². The van der Waals surface area contributed by atoms with Crippen LogP contribution in [0.25, 0.3) is 0 Å². The summed E-state index contributed by atoms with van der Waals surface area (Å²) in [7, 11) is 0. The SMILES string of the molecule is CC1COC(CBr)CN1CCOc1ccc(Br)cc1. The minimum atomic E-state index is 0.295. The van der Waals surface area contributed by atoms with Crippen LogP contribution in [0.5, 0.6) is 5.75 Å². The number of nitrogens with zero attached hydrogens (tertiary/aromatic N) is 1. The second-order valence-corrected chi connectivity index (χ2v) is 6.32. The van der Waals surface area contributed by atoms with Crippen LogP contribution in [0.1, 0.15) is 6.92 Å². The molecule has 1 aromatic rings. The van der Waals surface area contributed by atoms with Gasteiger partial charge in [0.1, 0.15) is 12.4 Å². The molecule has 1 fully saturated rings. The van der Waals surface area contributed by atoms with Gasteiger partial charge in [0.2, 0.25) is 0 Å². The van der Waals surface area contributed by atoms with Crippen molar-refractivity contribution in [2.24, 2.45) is 0 Å². The normalized spacial score (nSPS) is 24.4. The standard InChI is InChI=1S/C14H19Br2NO2/c1-11-10-19-14(8-15)9-17(11)6-7-18-13-4-2-12(16)3-5-13/h2-5,11,14H,6-10H2,1H3. The number of alkyl halides is 1. The van der Waals surface area contributed by atoms with Crippen LogP contribution in [0.4, 0.5) is 0 Å². The summed E-state index contributed by atoms with van der Waals surface area (Å²) in [5, 5.41) is 0.893. The molecule has 3 nitrogen and oxygen atoms in total. The van der Waals surface area contributed by atoms with Gasteiger partial charge in [-0.3, -0.25) is 4.90 Å². The Balaban J connectivity index is 1.76. The first-order valence-electron chi connectivity index (χ1n) is 6.49. The van der Waals surface area contributed by atoms with Gasteiger partial charge in [-0.25, -0.2) is 0 Å². The van der Waals surface area contributed by atoms with Gasteiger partial charge in [-0.2, -0.15) is 0 Å². The van der Waals surface area contributed by atoms with Crippen LogP contribution in [0.3, 0.4) is 0 Å². The third-order valence-corrected chi connectivity index (χ3v) is 4.52. The van der Waals surface area contributed by atoms with Gasteiger partial charge >= 0.3 is 0 Å². The van der Waals surface area contributed by atoms with Gasteiger partial charge in [0, 0.05) is 28.9 Å². The van der Waals surface area contributed by atoms with E-state index in [4.69, 9.17) is 9.47 Å². The number of rotatable bonds is 5. The number of halogens is 2. The quantitative estimate of drug-likeness (QED) is 0.717. The minimum Gasteiger partial charge on any atom is -0.492 e. The molecule has 1 aromatic carbocycles. The molecule has 2 rings (SSSR count). The largest absolute Gasteiger partial charge is 0.492 e. The van der Waals surface area contributed by atoms with E-state index in [2.05, 4.69) is 43.7 Å². The van der Waals surface area contributed by atoms with Crippen molar-refractivity contribution < 1.29 is 9.47 Å². The summed E-state index contributed by atoms with van der Waals surface area (Å²) in [6.07, 6.45) is 0.295. The highest BCUT2D eigenvalue weighted by atomic mass is 79.9. The molecule has 1 aliphatic rings.